The molecule has 0 unspecified atom stereocenters. The minimum absolute atomic E-state index is 0.124. The molecule has 0 aliphatic carbocycles. The molecule has 2 aromatic rings. The van der Waals surface area contributed by atoms with E-state index >= 15 is 0 Å². The van der Waals surface area contributed by atoms with Crippen LogP contribution in [0.2, 0.25) is 0 Å². The standard InChI is InChI=1S/C15H22N4O5/c1-4-10(6-20)24-13(7-23-3)19-8-16-14-11(19)5-12(17-9(2)21)18-15(14)22/h5,8,10,13,20H,4,6-7H2,1-3H3,(H2,17,18,21,22)/t10-,13-/m1/s1. The van der Waals surface area contributed by atoms with E-state index in [0.717, 1.165) is 0 Å². The van der Waals surface area contributed by atoms with Gasteiger partial charge in [-0.2, -0.15) is 0 Å². The summed E-state index contributed by atoms with van der Waals surface area (Å²) in [5, 5.41) is 11.9. The molecule has 0 saturated heterocycles. The normalized spacial score (nSPS) is 13.8. The number of pyridine rings is 1. The first kappa shape index (κ1) is 18.1. The quantitative estimate of drug-likeness (QED) is 0.649. The zero-order valence-electron chi connectivity index (χ0n) is 13.9. The van der Waals surface area contributed by atoms with Crippen LogP contribution in [0.15, 0.2) is 17.2 Å². The number of nitrogens with one attached hydrogen (secondary N) is 2. The van der Waals surface area contributed by atoms with E-state index in [9.17, 15) is 14.7 Å². The second-order valence-electron chi connectivity index (χ2n) is 5.34. The number of rotatable bonds is 8. The van der Waals surface area contributed by atoms with Crippen LogP contribution in [-0.4, -0.2) is 52.0 Å². The van der Waals surface area contributed by atoms with E-state index < -0.39 is 11.8 Å². The van der Waals surface area contributed by atoms with Gasteiger partial charge in [-0.15, -0.1) is 0 Å². The number of aromatic amines is 1. The third kappa shape index (κ3) is 3.99. The fraction of sp³-hybridized carbons (Fsp3) is 0.533. The van der Waals surface area contributed by atoms with Gasteiger partial charge in [0.2, 0.25) is 5.91 Å². The van der Waals surface area contributed by atoms with E-state index in [4.69, 9.17) is 9.47 Å². The Hall–Kier alpha value is -2.23. The number of carbonyl (C=O) groups excluding carboxylic acids is 1. The minimum Gasteiger partial charge on any atom is -0.394 e. The number of aliphatic hydroxyl groups excluding tert-OH is 1. The molecule has 9 nitrogen and oxygen atoms in total. The van der Waals surface area contributed by atoms with Gasteiger partial charge < -0.3 is 29.4 Å². The van der Waals surface area contributed by atoms with Crippen molar-refractivity contribution in [1.82, 2.24) is 14.5 Å². The summed E-state index contributed by atoms with van der Waals surface area (Å²) >= 11 is 0. The zero-order chi connectivity index (χ0) is 17.7. The molecule has 0 bridgehead atoms. The molecule has 0 aliphatic heterocycles. The lowest BCUT2D eigenvalue weighted by Crippen LogP contribution is -2.26. The number of nitrogens with zero attached hydrogens (tertiary/aromatic N) is 2. The van der Waals surface area contributed by atoms with Crippen molar-refractivity contribution in [2.75, 3.05) is 25.6 Å². The molecule has 2 rings (SSSR count). The number of fused-ring (bicyclic) bond motifs is 1. The van der Waals surface area contributed by atoms with Crippen molar-refractivity contribution >= 4 is 22.8 Å². The summed E-state index contributed by atoms with van der Waals surface area (Å²) in [6.45, 7) is 3.34. The third-order valence-corrected chi connectivity index (χ3v) is 3.52. The van der Waals surface area contributed by atoms with Gasteiger partial charge in [-0.1, -0.05) is 6.92 Å². The fourth-order valence-electron chi connectivity index (χ4n) is 2.35. The Labute approximate surface area is 138 Å². The van der Waals surface area contributed by atoms with Crippen LogP contribution in [0.3, 0.4) is 0 Å². The largest absolute Gasteiger partial charge is 0.394 e. The van der Waals surface area contributed by atoms with Crippen LogP contribution in [-0.2, 0) is 14.3 Å². The Bertz CT molecular complexity index is 750. The van der Waals surface area contributed by atoms with Crippen molar-refractivity contribution in [3.8, 4) is 0 Å². The highest BCUT2D eigenvalue weighted by atomic mass is 16.6. The van der Waals surface area contributed by atoms with Crippen LogP contribution in [0.4, 0.5) is 5.82 Å². The van der Waals surface area contributed by atoms with Crippen LogP contribution < -0.4 is 10.9 Å². The third-order valence-electron chi connectivity index (χ3n) is 3.52. The molecule has 24 heavy (non-hydrogen) atoms. The topological polar surface area (TPSA) is 118 Å². The Balaban J connectivity index is 2.46. The number of imidazole rings is 1. The zero-order valence-corrected chi connectivity index (χ0v) is 13.9. The summed E-state index contributed by atoms with van der Waals surface area (Å²) in [6, 6.07) is 1.61. The van der Waals surface area contributed by atoms with Crippen molar-refractivity contribution in [3.05, 3.63) is 22.7 Å². The van der Waals surface area contributed by atoms with Crippen molar-refractivity contribution in [2.24, 2.45) is 0 Å². The number of ether oxygens (including phenoxy) is 2. The maximum atomic E-state index is 12.1. The fourth-order valence-corrected chi connectivity index (χ4v) is 2.35. The van der Waals surface area contributed by atoms with Gasteiger partial charge >= 0.3 is 0 Å². The summed E-state index contributed by atoms with van der Waals surface area (Å²) in [7, 11) is 1.53. The lowest BCUT2D eigenvalue weighted by Gasteiger charge is -2.24. The monoisotopic (exact) mass is 338 g/mol. The summed E-state index contributed by atoms with van der Waals surface area (Å²) in [4.78, 5) is 30.0. The Morgan fingerprint density at radius 2 is 2.29 bits per heavy atom. The lowest BCUT2D eigenvalue weighted by atomic mass is 10.3. The van der Waals surface area contributed by atoms with Gasteiger partial charge in [-0.05, 0) is 6.42 Å². The molecule has 9 heteroatoms. The first-order valence-corrected chi connectivity index (χ1v) is 7.62. The average Bonchev–Trinajstić information content (AvgIpc) is 2.95. The van der Waals surface area contributed by atoms with Gasteiger partial charge in [0.05, 0.1) is 31.2 Å². The van der Waals surface area contributed by atoms with Crippen LogP contribution in [0.1, 0.15) is 26.5 Å². The van der Waals surface area contributed by atoms with Crippen molar-refractivity contribution in [3.63, 3.8) is 0 Å². The van der Waals surface area contributed by atoms with Crippen LogP contribution in [0.25, 0.3) is 11.0 Å². The number of carbonyl (C=O) groups is 1. The number of hydrogen-bond donors (Lipinski definition) is 3. The average molecular weight is 338 g/mol. The number of aromatic nitrogens is 3. The molecule has 132 valence electrons. The van der Waals surface area contributed by atoms with Gasteiger partial charge in [0.1, 0.15) is 5.82 Å². The van der Waals surface area contributed by atoms with Crippen molar-refractivity contribution < 1.29 is 19.4 Å². The van der Waals surface area contributed by atoms with E-state index in [-0.39, 0.29) is 36.6 Å². The molecule has 0 aromatic carbocycles. The molecule has 0 saturated carbocycles. The molecular weight excluding hydrogens is 316 g/mol. The molecule has 1 amide bonds. The molecule has 2 atom stereocenters. The van der Waals surface area contributed by atoms with Gasteiger partial charge in [-0.25, -0.2) is 4.98 Å². The number of methoxy groups -OCH3 is 1. The molecule has 2 heterocycles. The van der Waals surface area contributed by atoms with E-state index in [1.54, 1.807) is 10.6 Å². The summed E-state index contributed by atoms with van der Waals surface area (Å²) in [6.07, 6.45) is 1.18. The van der Waals surface area contributed by atoms with Gasteiger partial charge in [-0.3, -0.25) is 9.59 Å². The molecule has 0 radical (unpaired) electrons. The smallest absolute Gasteiger partial charge is 0.277 e. The van der Waals surface area contributed by atoms with Gasteiger partial charge in [0, 0.05) is 20.1 Å². The van der Waals surface area contributed by atoms with E-state index in [1.165, 1.54) is 20.4 Å². The number of amides is 1. The molecule has 0 aliphatic rings. The van der Waals surface area contributed by atoms with Crippen molar-refractivity contribution in [2.45, 2.75) is 32.6 Å². The highest BCUT2D eigenvalue weighted by molar-refractivity contribution is 5.89. The molecule has 0 spiro atoms. The minimum atomic E-state index is -0.566. The summed E-state index contributed by atoms with van der Waals surface area (Å²) in [5.74, 6) is -0.0285. The summed E-state index contributed by atoms with van der Waals surface area (Å²) < 4.78 is 12.7. The first-order valence-electron chi connectivity index (χ1n) is 7.62. The second kappa shape index (κ2) is 8.04. The Kier molecular flexibility index (Phi) is 6.07. The Morgan fingerprint density at radius 3 is 2.88 bits per heavy atom. The lowest BCUT2D eigenvalue weighted by molar-refractivity contribution is -0.114. The molecule has 0 fully saturated rings. The number of hydrogen-bond acceptors (Lipinski definition) is 6. The molecular formula is C15H22N4O5. The maximum absolute atomic E-state index is 12.1. The highest BCUT2D eigenvalue weighted by Gasteiger charge is 2.20. The second-order valence-corrected chi connectivity index (χ2v) is 5.34. The predicted octanol–water partition coefficient (Wildman–Crippen LogP) is 0.615. The highest BCUT2D eigenvalue weighted by Crippen LogP contribution is 2.21. The number of H-pyrrole nitrogens is 1. The van der Waals surface area contributed by atoms with Crippen LogP contribution in [0, 0.1) is 0 Å². The summed E-state index contributed by atoms with van der Waals surface area (Å²) in [5.41, 5.74) is 0.309. The van der Waals surface area contributed by atoms with Gasteiger partial charge in [0.15, 0.2) is 11.7 Å². The Morgan fingerprint density at radius 1 is 1.54 bits per heavy atom. The van der Waals surface area contributed by atoms with Crippen LogP contribution >= 0.6 is 0 Å². The first-order chi connectivity index (χ1) is 11.5. The van der Waals surface area contributed by atoms with Crippen molar-refractivity contribution in [1.29, 1.82) is 0 Å². The van der Waals surface area contributed by atoms with Gasteiger partial charge in [0.25, 0.3) is 5.56 Å². The van der Waals surface area contributed by atoms with E-state index in [2.05, 4.69) is 15.3 Å². The molecule has 3 N–H and O–H groups in total. The maximum Gasteiger partial charge on any atom is 0.277 e. The van der Waals surface area contributed by atoms with Crippen LogP contribution in [0.5, 0.6) is 0 Å². The van der Waals surface area contributed by atoms with E-state index in [0.29, 0.717) is 11.9 Å². The SMILES string of the molecule is CC[C@H](CO)O[C@H](COC)n1cnc2c(=O)[nH]c(NC(C)=O)cc21. The van der Waals surface area contributed by atoms with E-state index in [1.807, 2.05) is 6.92 Å². The number of aliphatic hydroxyl groups is 1. The predicted molar refractivity (Wildman–Crippen MR) is 87.8 cm³/mol. The molecule has 2 aromatic heterocycles. The number of anilines is 1.